The molecule has 5 heteroatoms. The van der Waals surface area contributed by atoms with Gasteiger partial charge in [-0.1, -0.05) is 15.9 Å². The van der Waals surface area contributed by atoms with Crippen LogP contribution in [-0.4, -0.2) is 10.1 Å². The zero-order valence-corrected chi connectivity index (χ0v) is 10.8. The number of hydrogen-bond acceptors (Lipinski definition) is 3. The lowest BCUT2D eigenvalue weighted by molar-refractivity contribution is 0.203. The number of aliphatic hydroxyl groups excluding tert-OH is 1. The summed E-state index contributed by atoms with van der Waals surface area (Å²) >= 11 is 4.59. The van der Waals surface area contributed by atoms with Crippen LogP contribution in [0.1, 0.15) is 17.9 Å². The zero-order chi connectivity index (χ0) is 11.7. The third-order valence-corrected chi connectivity index (χ3v) is 3.79. The molecule has 2 nitrogen and oxygen atoms in total. The summed E-state index contributed by atoms with van der Waals surface area (Å²) in [5.74, 6) is -0.310. The Labute approximate surface area is 105 Å². The Hall–Kier alpha value is -0.780. The third kappa shape index (κ3) is 2.31. The van der Waals surface area contributed by atoms with E-state index in [9.17, 15) is 9.50 Å². The fourth-order valence-electron chi connectivity index (χ4n) is 1.27. The molecule has 0 spiro atoms. The van der Waals surface area contributed by atoms with Crippen LogP contribution in [0, 0.1) is 5.82 Å². The molecule has 1 unspecified atom stereocenters. The van der Waals surface area contributed by atoms with Gasteiger partial charge in [-0.05, 0) is 25.1 Å². The van der Waals surface area contributed by atoms with Gasteiger partial charge in [-0.3, -0.25) is 0 Å². The van der Waals surface area contributed by atoms with E-state index in [2.05, 4.69) is 20.9 Å². The van der Waals surface area contributed by atoms with Crippen LogP contribution in [0.2, 0.25) is 0 Å². The molecule has 1 aromatic heterocycles. The molecular formula is C11H9BrFNOS. The molecule has 2 aromatic rings. The standard InChI is InChI=1S/C11H9BrFNOS/c1-6(15)10-5-14-11(16-10)8-4-7(12)2-3-9(8)13/h2-6,15H,1H3. The van der Waals surface area contributed by atoms with Gasteiger partial charge in [-0.2, -0.15) is 0 Å². The van der Waals surface area contributed by atoms with Gasteiger partial charge >= 0.3 is 0 Å². The van der Waals surface area contributed by atoms with Crippen molar-refractivity contribution in [3.63, 3.8) is 0 Å². The lowest BCUT2D eigenvalue weighted by Crippen LogP contribution is -1.83. The molecule has 1 aromatic carbocycles. The Morgan fingerprint density at radius 1 is 1.50 bits per heavy atom. The summed E-state index contributed by atoms with van der Waals surface area (Å²) in [5.41, 5.74) is 0.450. The molecule has 0 fully saturated rings. The summed E-state index contributed by atoms with van der Waals surface area (Å²) in [4.78, 5) is 4.84. The topological polar surface area (TPSA) is 33.1 Å². The first-order valence-electron chi connectivity index (χ1n) is 4.67. The van der Waals surface area contributed by atoms with E-state index in [0.29, 0.717) is 10.6 Å². The van der Waals surface area contributed by atoms with Crippen molar-refractivity contribution in [2.24, 2.45) is 0 Å². The highest BCUT2D eigenvalue weighted by Crippen LogP contribution is 2.31. The van der Waals surface area contributed by atoms with Gasteiger partial charge in [0.25, 0.3) is 0 Å². The zero-order valence-electron chi connectivity index (χ0n) is 8.45. The first-order valence-corrected chi connectivity index (χ1v) is 6.28. The number of halogens is 2. The van der Waals surface area contributed by atoms with Crippen LogP contribution in [0.3, 0.4) is 0 Å². The SMILES string of the molecule is CC(O)c1cnc(-c2cc(Br)ccc2F)s1. The normalized spacial score (nSPS) is 12.8. The van der Waals surface area contributed by atoms with Crippen molar-refractivity contribution in [1.29, 1.82) is 0 Å². The fraction of sp³-hybridized carbons (Fsp3) is 0.182. The van der Waals surface area contributed by atoms with E-state index >= 15 is 0 Å². The van der Waals surface area contributed by atoms with Gasteiger partial charge in [0, 0.05) is 16.2 Å². The Balaban J connectivity index is 2.46. The fourth-order valence-corrected chi connectivity index (χ4v) is 2.50. The third-order valence-electron chi connectivity index (χ3n) is 2.09. The first kappa shape index (κ1) is 11.7. The maximum atomic E-state index is 13.5. The molecule has 0 amide bonds. The summed E-state index contributed by atoms with van der Waals surface area (Å²) in [7, 11) is 0. The van der Waals surface area contributed by atoms with Crippen molar-refractivity contribution >= 4 is 27.3 Å². The molecule has 2 rings (SSSR count). The highest BCUT2D eigenvalue weighted by Gasteiger charge is 2.12. The molecule has 16 heavy (non-hydrogen) atoms. The summed E-state index contributed by atoms with van der Waals surface area (Å²) < 4.78 is 14.4. The molecule has 1 N–H and O–H groups in total. The summed E-state index contributed by atoms with van der Waals surface area (Å²) in [6.45, 7) is 1.66. The molecule has 0 aliphatic rings. The van der Waals surface area contributed by atoms with E-state index < -0.39 is 6.10 Å². The Bertz CT molecular complexity index is 512. The molecule has 0 bridgehead atoms. The minimum Gasteiger partial charge on any atom is -0.388 e. The smallest absolute Gasteiger partial charge is 0.133 e. The predicted octanol–water partition coefficient (Wildman–Crippen LogP) is 3.77. The number of aromatic nitrogens is 1. The molecule has 84 valence electrons. The van der Waals surface area contributed by atoms with Gasteiger partial charge in [-0.15, -0.1) is 11.3 Å². The molecule has 0 aliphatic heterocycles. The van der Waals surface area contributed by atoms with Gasteiger partial charge in [-0.25, -0.2) is 9.37 Å². The minimum atomic E-state index is -0.568. The van der Waals surface area contributed by atoms with Crippen LogP contribution in [0.25, 0.3) is 10.6 Å². The van der Waals surface area contributed by atoms with Crippen LogP contribution in [-0.2, 0) is 0 Å². The molecule has 0 aliphatic carbocycles. The quantitative estimate of drug-likeness (QED) is 0.916. The van der Waals surface area contributed by atoms with Crippen LogP contribution in [0.4, 0.5) is 4.39 Å². The Kier molecular flexibility index (Phi) is 3.37. The number of thiazole rings is 1. The van der Waals surface area contributed by atoms with Crippen molar-refractivity contribution in [2.75, 3.05) is 0 Å². The summed E-state index contributed by atoms with van der Waals surface area (Å²) in [5, 5.41) is 9.95. The molecule has 0 saturated heterocycles. The van der Waals surface area contributed by atoms with Gasteiger partial charge in [0.1, 0.15) is 10.8 Å². The predicted molar refractivity (Wildman–Crippen MR) is 65.8 cm³/mol. The van der Waals surface area contributed by atoms with Crippen molar-refractivity contribution in [1.82, 2.24) is 4.98 Å². The Morgan fingerprint density at radius 2 is 2.25 bits per heavy atom. The average molecular weight is 302 g/mol. The van der Waals surface area contributed by atoms with Gasteiger partial charge in [0.15, 0.2) is 0 Å². The van der Waals surface area contributed by atoms with E-state index in [0.717, 1.165) is 9.35 Å². The maximum Gasteiger partial charge on any atom is 0.133 e. The second-order valence-electron chi connectivity index (χ2n) is 3.37. The van der Waals surface area contributed by atoms with Gasteiger partial charge in [0.2, 0.25) is 0 Å². The van der Waals surface area contributed by atoms with Crippen LogP contribution in [0.15, 0.2) is 28.9 Å². The monoisotopic (exact) mass is 301 g/mol. The summed E-state index contributed by atoms with van der Waals surface area (Å²) in [6, 6.07) is 4.71. The van der Waals surface area contributed by atoms with Crippen LogP contribution >= 0.6 is 27.3 Å². The van der Waals surface area contributed by atoms with Crippen molar-refractivity contribution < 1.29 is 9.50 Å². The molecule has 0 radical (unpaired) electrons. The van der Waals surface area contributed by atoms with E-state index in [-0.39, 0.29) is 5.82 Å². The molecule has 0 saturated carbocycles. The number of aliphatic hydroxyl groups is 1. The van der Waals surface area contributed by atoms with E-state index in [1.807, 2.05) is 0 Å². The Morgan fingerprint density at radius 3 is 2.88 bits per heavy atom. The average Bonchev–Trinajstić information content (AvgIpc) is 2.70. The second-order valence-corrected chi connectivity index (χ2v) is 5.35. The molecule has 1 heterocycles. The molecule has 1 atom stereocenters. The maximum absolute atomic E-state index is 13.5. The van der Waals surface area contributed by atoms with E-state index in [1.54, 1.807) is 25.3 Å². The second kappa shape index (κ2) is 4.61. The first-order chi connectivity index (χ1) is 7.58. The number of hydrogen-bond donors (Lipinski definition) is 1. The van der Waals surface area contributed by atoms with Gasteiger partial charge in [0.05, 0.1) is 11.0 Å². The summed E-state index contributed by atoms with van der Waals surface area (Å²) in [6.07, 6.45) is 1.01. The van der Waals surface area contributed by atoms with Crippen LogP contribution in [0.5, 0.6) is 0 Å². The number of rotatable bonds is 2. The van der Waals surface area contributed by atoms with E-state index in [4.69, 9.17) is 0 Å². The number of nitrogens with zero attached hydrogens (tertiary/aromatic N) is 1. The van der Waals surface area contributed by atoms with Gasteiger partial charge < -0.3 is 5.11 Å². The molecular weight excluding hydrogens is 293 g/mol. The lowest BCUT2D eigenvalue weighted by atomic mass is 10.2. The number of benzene rings is 1. The van der Waals surface area contributed by atoms with Crippen molar-refractivity contribution in [3.8, 4) is 10.6 Å². The largest absolute Gasteiger partial charge is 0.388 e. The lowest BCUT2D eigenvalue weighted by Gasteiger charge is -2.00. The van der Waals surface area contributed by atoms with Crippen molar-refractivity contribution in [3.05, 3.63) is 39.6 Å². The van der Waals surface area contributed by atoms with E-state index in [1.165, 1.54) is 17.4 Å². The highest BCUT2D eigenvalue weighted by molar-refractivity contribution is 9.10. The minimum absolute atomic E-state index is 0.310. The van der Waals surface area contributed by atoms with Crippen LogP contribution < -0.4 is 0 Å². The van der Waals surface area contributed by atoms with Crippen molar-refractivity contribution in [2.45, 2.75) is 13.0 Å². The highest BCUT2D eigenvalue weighted by atomic mass is 79.9.